The van der Waals surface area contributed by atoms with Gasteiger partial charge in [-0.3, -0.25) is 0 Å². The molecular weight excluding hydrogens is 462 g/mol. The summed E-state index contributed by atoms with van der Waals surface area (Å²) in [6, 6.07) is 20.4. The fourth-order valence-corrected chi connectivity index (χ4v) is 6.47. The highest BCUT2D eigenvalue weighted by atomic mass is 16.5. The lowest BCUT2D eigenvalue weighted by molar-refractivity contribution is -0.945. The van der Waals surface area contributed by atoms with E-state index >= 15 is 0 Å². The van der Waals surface area contributed by atoms with Crippen LogP contribution >= 0.6 is 0 Å². The van der Waals surface area contributed by atoms with Crippen LogP contribution in [0.15, 0.2) is 54.6 Å². The molecule has 4 aromatic rings. The molecule has 1 aromatic heterocycles. The lowest BCUT2D eigenvalue weighted by Crippen LogP contribution is -3.11. The number of hydrogen-bond donors (Lipinski definition) is 3. The molecule has 0 saturated heterocycles. The molecule has 4 N–H and O–H groups in total. The predicted octanol–water partition coefficient (Wildman–Crippen LogP) is 3.10. The third kappa shape index (κ3) is 4.14. The highest BCUT2D eigenvalue weighted by Crippen LogP contribution is 2.35. The number of para-hydroxylation sites is 1. The minimum Gasteiger partial charge on any atom is -0.496 e. The van der Waals surface area contributed by atoms with Crippen LogP contribution in [0, 0.1) is 0 Å². The Hall–Kier alpha value is -3.48. The summed E-state index contributed by atoms with van der Waals surface area (Å²) in [6.07, 6.45) is 2.12. The molecule has 6 rings (SSSR count). The topological polar surface area (TPSA) is 64.5 Å². The molecule has 2 aliphatic rings. The van der Waals surface area contributed by atoms with Crippen molar-refractivity contribution in [2.24, 2.45) is 0 Å². The van der Waals surface area contributed by atoms with E-state index in [0.717, 1.165) is 49.7 Å². The summed E-state index contributed by atoms with van der Waals surface area (Å²) in [5.74, 6) is 2.58. The number of aromatic amines is 1. The Kier molecular flexibility index (Phi) is 6.31. The van der Waals surface area contributed by atoms with Crippen LogP contribution in [0.4, 0.5) is 0 Å². The second-order valence-corrected chi connectivity index (χ2v) is 10.3. The first-order valence-electron chi connectivity index (χ1n) is 13.3. The zero-order valence-corrected chi connectivity index (χ0v) is 22.2. The number of quaternary nitrogens is 2. The Balaban J connectivity index is 1.32. The summed E-state index contributed by atoms with van der Waals surface area (Å²) in [5, 5.41) is 3.83. The van der Waals surface area contributed by atoms with E-state index in [4.69, 9.17) is 14.2 Å². The second kappa shape index (κ2) is 9.77. The van der Waals surface area contributed by atoms with Crippen LogP contribution in [0.2, 0.25) is 0 Å². The van der Waals surface area contributed by atoms with Crippen molar-refractivity contribution < 1.29 is 24.4 Å². The maximum absolute atomic E-state index is 5.85. The standard InChI is InChI=1S/C31H35N3O3/c1-19-25-17-29(37-4)28(36-3)16-20(25)12-14-34(19)18-22-15-21(9-10-27(22)35-2)30-31-24(11-13-32-30)23-7-5-6-8-26(23)33-31/h5-10,15-17,19,30,32-33H,11-14,18H2,1-4H3/p+2/t19-,30-/m0/s1. The molecule has 3 atom stereocenters. The Morgan fingerprint density at radius 2 is 1.70 bits per heavy atom. The summed E-state index contributed by atoms with van der Waals surface area (Å²) in [4.78, 5) is 5.28. The van der Waals surface area contributed by atoms with Crippen LogP contribution in [0.1, 0.15) is 52.5 Å². The molecule has 0 fully saturated rings. The molecule has 0 amide bonds. The smallest absolute Gasteiger partial charge is 0.161 e. The van der Waals surface area contributed by atoms with Crippen LogP contribution < -0.4 is 24.4 Å². The number of rotatable bonds is 6. The molecule has 0 bridgehead atoms. The zero-order valence-electron chi connectivity index (χ0n) is 22.2. The van der Waals surface area contributed by atoms with E-state index < -0.39 is 0 Å². The van der Waals surface area contributed by atoms with E-state index in [0.29, 0.717) is 6.04 Å². The number of hydrogen-bond acceptors (Lipinski definition) is 3. The highest BCUT2D eigenvalue weighted by Gasteiger charge is 2.32. The fourth-order valence-electron chi connectivity index (χ4n) is 6.47. The maximum atomic E-state index is 5.85. The highest BCUT2D eigenvalue weighted by molar-refractivity contribution is 5.85. The van der Waals surface area contributed by atoms with Crippen LogP contribution in [0.3, 0.4) is 0 Å². The summed E-state index contributed by atoms with van der Waals surface area (Å²) in [5.41, 5.74) is 9.35. The summed E-state index contributed by atoms with van der Waals surface area (Å²) in [6.45, 7) is 5.40. The number of nitrogens with one attached hydrogen (secondary N) is 2. The first-order chi connectivity index (χ1) is 18.1. The quantitative estimate of drug-likeness (QED) is 0.382. The Morgan fingerprint density at radius 3 is 2.51 bits per heavy atom. The van der Waals surface area contributed by atoms with Crippen molar-refractivity contribution in [3.63, 3.8) is 0 Å². The molecule has 3 aromatic carbocycles. The van der Waals surface area contributed by atoms with Gasteiger partial charge in [-0.15, -0.1) is 0 Å². The normalized spacial score (nSPS) is 20.8. The van der Waals surface area contributed by atoms with E-state index in [1.165, 1.54) is 49.3 Å². The maximum Gasteiger partial charge on any atom is 0.161 e. The molecule has 0 spiro atoms. The lowest BCUT2D eigenvalue weighted by atomic mass is 9.91. The molecule has 192 valence electrons. The molecule has 2 aliphatic heterocycles. The SMILES string of the molecule is COc1ccc([C@@H]2[NH2+]CCc3c2[nH]c2ccccc32)cc1C[NH+]1CCc2cc(OC)c(OC)cc2[C@@H]1C. The fraction of sp³-hybridized carbons (Fsp3) is 0.355. The summed E-state index contributed by atoms with van der Waals surface area (Å²) < 4.78 is 17.0. The Morgan fingerprint density at radius 1 is 0.919 bits per heavy atom. The van der Waals surface area contributed by atoms with Gasteiger partial charge in [-0.2, -0.15) is 0 Å². The number of ether oxygens (including phenoxy) is 3. The Labute approximate surface area is 218 Å². The average Bonchev–Trinajstić information content (AvgIpc) is 3.33. The second-order valence-electron chi connectivity index (χ2n) is 10.3. The van der Waals surface area contributed by atoms with Crippen molar-refractivity contribution in [3.05, 3.63) is 88.1 Å². The van der Waals surface area contributed by atoms with E-state index in [1.807, 2.05) is 0 Å². The van der Waals surface area contributed by atoms with Crippen LogP contribution in [0.25, 0.3) is 10.9 Å². The largest absolute Gasteiger partial charge is 0.496 e. The van der Waals surface area contributed by atoms with Crippen molar-refractivity contribution in [2.75, 3.05) is 34.4 Å². The number of fused-ring (bicyclic) bond motifs is 4. The molecule has 0 saturated carbocycles. The molecule has 6 nitrogen and oxygen atoms in total. The van der Waals surface area contributed by atoms with Crippen LogP contribution in [-0.2, 0) is 19.4 Å². The van der Waals surface area contributed by atoms with Gasteiger partial charge < -0.3 is 29.4 Å². The molecule has 0 radical (unpaired) electrons. The predicted molar refractivity (Wildman–Crippen MR) is 145 cm³/mol. The lowest BCUT2D eigenvalue weighted by Gasteiger charge is -2.33. The van der Waals surface area contributed by atoms with Gasteiger partial charge in [-0.05, 0) is 54.4 Å². The van der Waals surface area contributed by atoms with E-state index in [9.17, 15) is 0 Å². The van der Waals surface area contributed by atoms with Gasteiger partial charge in [-0.1, -0.05) is 18.2 Å². The van der Waals surface area contributed by atoms with E-state index in [2.05, 4.69) is 71.8 Å². The van der Waals surface area contributed by atoms with Gasteiger partial charge in [0.1, 0.15) is 18.3 Å². The average molecular weight is 500 g/mol. The zero-order chi connectivity index (χ0) is 25.5. The van der Waals surface area contributed by atoms with E-state index in [-0.39, 0.29) is 6.04 Å². The van der Waals surface area contributed by atoms with Crippen molar-refractivity contribution in [1.82, 2.24) is 4.98 Å². The summed E-state index contributed by atoms with van der Waals surface area (Å²) in [7, 11) is 5.19. The monoisotopic (exact) mass is 499 g/mol. The van der Waals surface area contributed by atoms with Crippen LogP contribution in [0.5, 0.6) is 17.2 Å². The number of benzene rings is 3. The number of nitrogens with two attached hydrogens (primary N) is 1. The van der Waals surface area contributed by atoms with E-state index in [1.54, 1.807) is 21.3 Å². The summed E-state index contributed by atoms with van der Waals surface area (Å²) >= 11 is 0. The first kappa shape index (κ1) is 23.9. The minimum absolute atomic E-state index is 0.270. The number of aromatic nitrogens is 1. The van der Waals surface area contributed by atoms with Crippen molar-refractivity contribution in [2.45, 2.75) is 38.4 Å². The molecule has 37 heavy (non-hydrogen) atoms. The third-order valence-electron chi connectivity index (χ3n) is 8.48. The minimum atomic E-state index is 0.270. The molecule has 0 aliphatic carbocycles. The van der Waals surface area contributed by atoms with Gasteiger partial charge in [-0.25, -0.2) is 0 Å². The first-order valence-corrected chi connectivity index (χ1v) is 13.3. The van der Waals surface area contributed by atoms with Crippen molar-refractivity contribution in [3.8, 4) is 17.2 Å². The van der Waals surface area contributed by atoms with Crippen molar-refractivity contribution >= 4 is 10.9 Å². The van der Waals surface area contributed by atoms with Gasteiger partial charge in [0.2, 0.25) is 0 Å². The van der Waals surface area contributed by atoms with Crippen molar-refractivity contribution in [1.29, 1.82) is 0 Å². The third-order valence-corrected chi connectivity index (χ3v) is 8.48. The van der Waals surface area contributed by atoms with Gasteiger partial charge in [0, 0.05) is 40.4 Å². The van der Waals surface area contributed by atoms with Gasteiger partial charge in [0.05, 0.1) is 40.1 Å². The van der Waals surface area contributed by atoms with Gasteiger partial charge in [0.25, 0.3) is 0 Å². The van der Waals surface area contributed by atoms with Gasteiger partial charge >= 0.3 is 0 Å². The molecule has 3 heterocycles. The van der Waals surface area contributed by atoms with Crippen LogP contribution in [-0.4, -0.2) is 39.4 Å². The molecule has 1 unspecified atom stereocenters. The van der Waals surface area contributed by atoms with Gasteiger partial charge in [0.15, 0.2) is 17.5 Å². The molecule has 6 heteroatoms. The molecular formula is C31H37N3O3+2. The number of methoxy groups -OCH3 is 3. The number of H-pyrrole nitrogens is 1. The Bertz CT molecular complexity index is 1440.